The number of para-hydroxylation sites is 1. The third-order valence-electron chi connectivity index (χ3n) is 2.64. The molecule has 1 aromatic rings. The molecule has 17 heavy (non-hydrogen) atoms. The summed E-state index contributed by atoms with van der Waals surface area (Å²) in [4.78, 5) is 12.5. The minimum atomic E-state index is -4.44. The number of carbonyl (C=O) groups is 1. The molecule has 2 rings (SSSR count). The van der Waals surface area contributed by atoms with Gasteiger partial charge in [-0.3, -0.25) is 4.79 Å². The molecule has 1 aromatic carbocycles. The highest BCUT2D eigenvalue weighted by Crippen LogP contribution is 2.38. The van der Waals surface area contributed by atoms with Gasteiger partial charge in [0, 0.05) is 6.54 Å². The topological polar surface area (TPSA) is 20.3 Å². The van der Waals surface area contributed by atoms with E-state index in [9.17, 15) is 18.0 Å². The SMILES string of the molecule is O=C1[C@@H](Br)CCN1c1ccccc1C(F)(F)F. The Balaban J connectivity index is 2.43. The van der Waals surface area contributed by atoms with Gasteiger partial charge in [-0.15, -0.1) is 0 Å². The van der Waals surface area contributed by atoms with Crippen LogP contribution in [0.1, 0.15) is 12.0 Å². The lowest BCUT2D eigenvalue weighted by Gasteiger charge is -2.21. The predicted octanol–water partition coefficient (Wildman–Crippen LogP) is 3.21. The summed E-state index contributed by atoms with van der Waals surface area (Å²) in [6.45, 7) is 0.307. The number of halogens is 4. The first-order valence-electron chi connectivity index (χ1n) is 5.03. The molecule has 1 fully saturated rings. The van der Waals surface area contributed by atoms with Crippen molar-refractivity contribution in [3.63, 3.8) is 0 Å². The summed E-state index contributed by atoms with van der Waals surface area (Å²) in [5.41, 5.74) is -0.832. The van der Waals surface area contributed by atoms with Gasteiger partial charge < -0.3 is 4.90 Å². The smallest absolute Gasteiger partial charge is 0.311 e. The molecule has 0 aliphatic carbocycles. The molecule has 0 N–H and O–H groups in total. The quantitative estimate of drug-likeness (QED) is 0.730. The Morgan fingerprint density at radius 3 is 2.47 bits per heavy atom. The van der Waals surface area contributed by atoms with Crippen molar-refractivity contribution in [3.05, 3.63) is 29.8 Å². The average Bonchev–Trinajstić information content (AvgIpc) is 2.59. The molecule has 0 unspecified atom stereocenters. The van der Waals surface area contributed by atoms with Gasteiger partial charge in [0.15, 0.2) is 0 Å². The molecule has 6 heteroatoms. The predicted molar refractivity (Wildman–Crippen MR) is 61.1 cm³/mol. The Morgan fingerprint density at radius 1 is 1.29 bits per heavy atom. The number of nitrogens with zero attached hydrogens (tertiary/aromatic N) is 1. The molecule has 2 nitrogen and oxygen atoms in total. The highest BCUT2D eigenvalue weighted by atomic mass is 79.9. The number of hydrogen-bond acceptors (Lipinski definition) is 1. The number of carbonyl (C=O) groups excluding carboxylic acids is 1. The van der Waals surface area contributed by atoms with E-state index in [0.29, 0.717) is 13.0 Å². The van der Waals surface area contributed by atoms with Crippen molar-refractivity contribution in [3.8, 4) is 0 Å². The first-order chi connectivity index (χ1) is 7.91. The molecule has 1 saturated heterocycles. The average molecular weight is 308 g/mol. The highest BCUT2D eigenvalue weighted by Gasteiger charge is 2.38. The van der Waals surface area contributed by atoms with Gasteiger partial charge in [0.1, 0.15) is 0 Å². The fourth-order valence-electron chi connectivity index (χ4n) is 1.83. The zero-order chi connectivity index (χ0) is 12.6. The molecule has 0 spiro atoms. The van der Waals surface area contributed by atoms with Gasteiger partial charge in [-0.2, -0.15) is 13.2 Å². The molecular formula is C11H9BrF3NO. The molecule has 0 saturated carbocycles. The number of anilines is 1. The summed E-state index contributed by atoms with van der Waals surface area (Å²) in [5, 5.41) is 0. The van der Waals surface area contributed by atoms with Crippen LogP contribution in [0.4, 0.5) is 18.9 Å². The molecule has 0 radical (unpaired) electrons. The van der Waals surface area contributed by atoms with Crippen LogP contribution < -0.4 is 4.90 Å². The lowest BCUT2D eigenvalue weighted by molar-refractivity contribution is -0.137. The van der Waals surface area contributed by atoms with Gasteiger partial charge in [-0.05, 0) is 18.6 Å². The molecule has 1 heterocycles. The summed E-state index contributed by atoms with van der Waals surface area (Å²) in [6, 6.07) is 5.13. The monoisotopic (exact) mass is 307 g/mol. The fourth-order valence-corrected chi connectivity index (χ4v) is 2.29. The lowest BCUT2D eigenvalue weighted by atomic mass is 10.1. The van der Waals surface area contributed by atoms with E-state index in [1.54, 1.807) is 0 Å². The number of alkyl halides is 4. The van der Waals surface area contributed by atoms with Gasteiger partial charge in [0.25, 0.3) is 0 Å². The van der Waals surface area contributed by atoms with E-state index in [2.05, 4.69) is 15.9 Å². The van der Waals surface area contributed by atoms with Crippen molar-refractivity contribution in [2.24, 2.45) is 0 Å². The molecule has 0 aromatic heterocycles. The van der Waals surface area contributed by atoms with Crippen molar-refractivity contribution in [2.45, 2.75) is 17.4 Å². The van der Waals surface area contributed by atoms with Crippen molar-refractivity contribution < 1.29 is 18.0 Å². The van der Waals surface area contributed by atoms with E-state index in [4.69, 9.17) is 0 Å². The summed E-state index contributed by atoms with van der Waals surface area (Å²) in [7, 11) is 0. The van der Waals surface area contributed by atoms with Gasteiger partial charge >= 0.3 is 6.18 Å². The van der Waals surface area contributed by atoms with Crippen LogP contribution in [0.15, 0.2) is 24.3 Å². The van der Waals surface area contributed by atoms with Crippen molar-refractivity contribution in [1.29, 1.82) is 0 Å². The molecule has 1 aliphatic heterocycles. The zero-order valence-electron chi connectivity index (χ0n) is 8.67. The first-order valence-corrected chi connectivity index (χ1v) is 5.94. The van der Waals surface area contributed by atoms with Crippen molar-refractivity contribution in [2.75, 3.05) is 11.4 Å². The van der Waals surface area contributed by atoms with Crippen molar-refractivity contribution >= 4 is 27.5 Å². The molecule has 0 bridgehead atoms. The molecule has 1 aliphatic rings. The lowest BCUT2D eigenvalue weighted by Crippen LogP contribution is -2.29. The number of rotatable bonds is 1. The number of hydrogen-bond donors (Lipinski definition) is 0. The van der Waals surface area contributed by atoms with Crippen molar-refractivity contribution in [1.82, 2.24) is 0 Å². The molecule has 1 amide bonds. The van der Waals surface area contributed by atoms with E-state index >= 15 is 0 Å². The van der Waals surface area contributed by atoms with E-state index in [1.807, 2.05) is 0 Å². The van der Waals surface area contributed by atoms with Crippen LogP contribution in [0, 0.1) is 0 Å². The second kappa shape index (κ2) is 4.33. The summed E-state index contributed by atoms with van der Waals surface area (Å²) in [6.07, 6.45) is -3.92. The maximum Gasteiger partial charge on any atom is 0.418 e. The number of amides is 1. The van der Waals surface area contributed by atoms with Gasteiger partial charge in [-0.25, -0.2) is 0 Å². The van der Waals surface area contributed by atoms with Gasteiger partial charge in [0.05, 0.1) is 16.1 Å². The largest absolute Gasteiger partial charge is 0.418 e. The second-order valence-corrected chi connectivity index (χ2v) is 4.87. The minimum Gasteiger partial charge on any atom is -0.311 e. The Kier molecular flexibility index (Phi) is 3.16. The van der Waals surface area contributed by atoms with E-state index in [-0.39, 0.29) is 16.4 Å². The molecule has 92 valence electrons. The fraction of sp³-hybridized carbons (Fsp3) is 0.364. The highest BCUT2D eigenvalue weighted by molar-refractivity contribution is 9.10. The number of benzene rings is 1. The summed E-state index contributed by atoms with van der Waals surface area (Å²) < 4.78 is 38.3. The van der Waals surface area contributed by atoms with Gasteiger partial charge in [-0.1, -0.05) is 28.1 Å². The van der Waals surface area contributed by atoms with Crippen LogP contribution in [0.5, 0.6) is 0 Å². The summed E-state index contributed by atoms with van der Waals surface area (Å²) in [5.74, 6) is -0.318. The van der Waals surface area contributed by atoms with Gasteiger partial charge in [0.2, 0.25) is 5.91 Å². The maximum atomic E-state index is 12.8. The normalized spacial score (nSPS) is 21.1. The van der Waals surface area contributed by atoms with Crippen LogP contribution in [-0.2, 0) is 11.0 Å². The van der Waals surface area contributed by atoms with Crippen LogP contribution in [0.2, 0.25) is 0 Å². The standard InChI is InChI=1S/C11H9BrF3NO/c12-8-5-6-16(10(8)17)9-4-2-1-3-7(9)11(13,14)15/h1-4,8H,5-6H2/t8-/m0/s1. The first kappa shape index (κ1) is 12.4. The van der Waals surface area contributed by atoms with E-state index in [1.165, 1.54) is 23.1 Å². The van der Waals surface area contributed by atoms with Crippen LogP contribution >= 0.6 is 15.9 Å². The van der Waals surface area contributed by atoms with Crippen LogP contribution in [0.25, 0.3) is 0 Å². The van der Waals surface area contributed by atoms with Crippen LogP contribution in [-0.4, -0.2) is 17.3 Å². The maximum absolute atomic E-state index is 12.8. The Morgan fingerprint density at radius 2 is 1.94 bits per heavy atom. The second-order valence-electron chi connectivity index (χ2n) is 3.76. The Bertz CT molecular complexity index is 447. The Hall–Kier alpha value is -1.04. The zero-order valence-corrected chi connectivity index (χ0v) is 10.3. The van der Waals surface area contributed by atoms with Crippen LogP contribution in [0.3, 0.4) is 0 Å². The summed E-state index contributed by atoms with van der Waals surface area (Å²) >= 11 is 3.14. The third kappa shape index (κ3) is 2.31. The Labute approximate surface area is 105 Å². The third-order valence-corrected chi connectivity index (χ3v) is 3.49. The molecular weight excluding hydrogens is 299 g/mol. The minimum absolute atomic E-state index is 0.0630. The van der Waals surface area contributed by atoms with E-state index in [0.717, 1.165) is 6.07 Å². The van der Waals surface area contributed by atoms with E-state index < -0.39 is 11.7 Å². The molecule has 1 atom stereocenters.